The van der Waals surface area contributed by atoms with E-state index < -0.39 is 48.4 Å². The van der Waals surface area contributed by atoms with Crippen molar-refractivity contribution >= 4 is 55.9 Å². The SMILES string of the molecule is CCN(CC)c1ccc2c(-c3ccccc3C(=O)N3CCN(C(=O)c4ccc(CCSc5c(F)c(F)c(S(N)(=O)=O)c(NC[C@]6(C)CCC[C@]7(C)c8ccc(C(C)C)cc8CC[C@@H]67)c5F)cc4)CC3)c3ccc(=[N+](CC)CC)cc-3oc2c1. The van der Waals surface area contributed by atoms with Crippen molar-refractivity contribution < 1.29 is 35.6 Å². The number of anilines is 2. The van der Waals surface area contributed by atoms with Crippen LogP contribution in [0.1, 0.15) is 130 Å². The average molecular weight is 1170 g/mol. The summed E-state index contributed by atoms with van der Waals surface area (Å²) in [4.78, 5) is 32.6. The number of nitrogens with two attached hydrogens (primary N) is 1. The van der Waals surface area contributed by atoms with Gasteiger partial charge in [0.15, 0.2) is 17.5 Å². The lowest BCUT2D eigenvalue weighted by Gasteiger charge is -2.55. The molecule has 438 valence electrons. The Morgan fingerprint density at radius 1 is 0.819 bits per heavy atom. The number of sulfonamides is 1. The Bertz CT molecular complexity index is 3760. The van der Waals surface area contributed by atoms with Gasteiger partial charge in [-0.15, -0.1) is 11.8 Å². The van der Waals surface area contributed by atoms with Gasteiger partial charge >= 0.3 is 0 Å². The van der Waals surface area contributed by atoms with Gasteiger partial charge in [-0.2, -0.15) is 0 Å². The van der Waals surface area contributed by atoms with E-state index in [1.165, 1.54) is 16.7 Å². The highest BCUT2D eigenvalue weighted by Crippen LogP contribution is 2.58. The third-order valence-corrected chi connectivity index (χ3v) is 20.4. The maximum atomic E-state index is 16.7. The second kappa shape index (κ2) is 24.2. The Hall–Kier alpha value is -6.62. The molecule has 3 aliphatic carbocycles. The van der Waals surface area contributed by atoms with Gasteiger partial charge in [-0.25, -0.2) is 31.3 Å². The Morgan fingerprint density at radius 3 is 2.19 bits per heavy atom. The molecular formula is C67H78F3N6O5S2+. The zero-order valence-electron chi connectivity index (χ0n) is 49.1. The van der Waals surface area contributed by atoms with Crippen LogP contribution in [-0.4, -0.2) is 94.7 Å². The smallest absolute Gasteiger partial charge is 0.254 e. The van der Waals surface area contributed by atoms with E-state index in [1.54, 1.807) is 34.1 Å². The van der Waals surface area contributed by atoms with E-state index in [0.29, 0.717) is 49.6 Å². The first-order valence-electron chi connectivity index (χ1n) is 29.6. The van der Waals surface area contributed by atoms with E-state index in [9.17, 15) is 18.0 Å². The highest BCUT2D eigenvalue weighted by molar-refractivity contribution is 7.99. The third-order valence-electron chi connectivity index (χ3n) is 18.4. The standard InChI is InChI=1S/C67H78F3N6O5S2/c1-9-73(10-2)47-24-26-51-54(39-47)81-55-40-48(74(11-3)12-4)25-27-52(55)57(51)49-16-13-14-17-50(49)65(78)76-35-33-75(34-36-76)64(77)44-20-18-43(19-21-44)30-37-82-62-58(68)59(69)63(83(71,79)80)61(60(62)70)72-41-66(7)31-15-32-67(8)53-28-22-45(42(5)6)38-46(53)23-29-56(66)67/h13-14,16-22,24-28,38-40,42,56,72H,9-12,15,23,29-37,41H2,1-8H3,(H2,71,79,80)/q+1/t56-,66-,67+/m0/s1. The van der Waals surface area contributed by atoms with Crippen molar-refractivity contribution in [3.05, 3.63) is 159 Å². The summed E-state index contributed by atoms with van der Waals surface area (Å²) in [6, 6.07) is 34.1. The monoisotopic (exact) mass is 1170 g/mol. The summed E-state index contributed by atoms with van der Waals surface area (Å²) < 4.78 is 83.3. The molecule has 3 atom stereocenters. The van der Waals surface area contributed by atoms with E-state index >= 15 is 13.2 Å². The van der Waals surface area contributed by atoms with Crippen LogP contribution in [0.5, 0.6) is 0 Å². The molecule has 2 aliphatic heterocycles. The van der Waals surface area contributed by atoms with Gasteiger partial charge in [0, 0.05) is 97.0 Å². The number of benzene rings is 6. The van der Waals surface area contributed by atoms with Crippen LogP contribution >= 0.6 is 11.8 Å². The molecule has 5 aromatic carbocycles. The number of nitrogens with zero attached hydrogens (tertiary/aromatic N) is 4. The largest absolute Gasteiger partial charge is 0.456 e. The first-order valence-corrected chi connectivity index (χ1v) is 32.1. The molecule has 2 fully saturated rings. The number of hydrogen-bond acceptors (Lipinski definition) is 8. The second-order valence-corrected chi connectivity index (χ2v) is 26.2. The van der Waals surface area contributed by atoms with Gasteiger partial charge in [0.05, 0.1) is 16.6 Å². The van der Waals surface area contributed by atoms with Gasteiger partial charge in [0.1, 0.15) is 29.3 Å². The fraction of sp³-hybridized carbons (Fsp3) is 0.418. The molecule has 5 aliphatic rings. The third kappa shape index (κ3) is 11.4. The maximum absolute atomic E-state index is 16.7. The predicted octanol–water partition coefficient (Wildman–Crippen LogP) is 13.1. The van der Waals surface area contributed by atoms with Crippen LogP contribution in [0.2, 0.25) is 0 Å². The second-order valence-electron chi connectivity index (χ2n) is 23.6. The lowest BCUT2D eigenvalue weighted by atomic mass is 9.49. The molecule has 3 N–H and O–H groups in total. The van der Waals surface area contributed by atoms with Gasteiger partial charge < -0.3 is 24.4 Å². The minimum absolute atomic E-state index is 0.116. The lowest BCUT2D eigenvalue weighted by Crippen LogP contribution is -2.51. The first-order chi connectivity index (χ1) is 39.7. The van der Waals surface area contributed by atoms with E-state index in [4.69, 9.17) is 9.56 Å². The zero-order chi connectivity index (χ0) is 59.1. The highest BCUT2D eigenvalue weighted by Gasteiger charge is 2.52. The number of carbonyl (C=O) groups excluding carboxylic acids is 2. The van der Waals surface area contributed by atoms with Crippen molar-refractivity contribution in [3.63, 3.8) is 0 Å². The van der Waals surface area contributed by atoms with Crippen LogP contribution in [-0.2, 0) is 28.3 Å². The normalized spacial score (nSPS) is 19.0. The van der Waals surface area contributed by atoms with Crippen molar-refractivity contribution in [2.45, 2.75) is 115 Å². The van der Waals surface area contributed by atoms with Crippen molar-refractivity contribution in [3.8, 4) is 22.5 Å². The lowest BCUT2D eigenvalue weighted by molar-refractivity contribution is 0.0358. The summed E-state index contributed by atoms with van der Waals surface area (Å²) in [5, 5.41) is 10.4. The van der Waals surface area contributed by atoms with Crippen LogP contribution in [0.3, 0.4) is 0 Å². The fourth-order valence-corrected chi connectivity index (χ4v) is 15.6. The average Bonchev–Trinajstić information content (AvgIpc) is 3.48. The summed E-state index contributed by atoms with van der Waals surface area (Å²) in [6.07, 6.45) is 4.73. The van der Waals surface area contributed by atoms with Gasteiger partial charge in [0.25, 0.3) is 11.8 Å². The molecule has 83 heavy (non-hydrogen) atoms. The van der Waals surface area contributed by atoms with Crippen LogP contribution in [0.4, 0.5) is 24.5 Å². The number of halogens is 3. The van der Waals surface area contributed by atoms with Crippen molar-refractivity contribution in [1.82, 2.24) is 14.4 Å². The number of aryl methyl sites for hydroxylation is 2. The number of fused-ring (bicyclic) bond motifs is 5. The van der Waals surface area contributed by atoms with Crippen LogP contribution in [0.15, 0.2) is 117 Å². The Balaban J connectivity index is 0.807. The quantitative estimate of drug-likeness (QED) is 0.0399. The molecule has 0 radical (unpaired) electrons. The van der Waals surface area contributed by atoms with Gasteiger partial charge in [-0.3, -0.25) is 9.59 Å². The molecule has 5 aromatic rings. The Kier molecular flexibility index (Phi) is 17.3. The number of piperazine rings is 1. The maximum Gasteiger partial charge on any atom is 0.254 e. The summed E-state index contributed by atoms with van der Waals surface area (Å²) in [6.45, 7) is 22.1. The Labute approximate surface area is 491 Å². The minimum atomic E-state index is -4.90. The zero-order valence-corrected chi connectivity index (χ0v) is 50.8. The number of amides is 2. The number of rotatable bonds is 17. The molecule has 0 unspecified atom stereocenters. The number of hydrogen-bond donors (Lipinski definition) is 2. The molecule has 11 nitrogen and oxygen atoms in total. The van der Waals surface area contributed by atoms with Crippen molar-refractivity contribution in [2.75, 3.05) is 74.9 Å². The minimum Gasteiger partial charge on any atom is -0.456 e. The van der Waals surface area contributed by atoms with Crippen LogP contribution in [0, 0.1) is 28.8 Å². The number of carbonyl (C=O) groups is 2. The molecule has 0 bridgehead atoms. The first kappa shape index (κ1) is 59.5. The molecule has 2 amide bonds. The number of nitrogens with one attached hydrogen (secondary N) is 1. The van der Waals surface area contributed by atoms with Gasteiger partial charge in [0.2, 0.25) is 15.4 Å². The van der Waals surface area contributed by atoms with E-state index in [0.717, 1.165) is 120 Å². The molecule has 16 heteroatoms. The summed E-state index contributed by atoms with van der Waals surface area (Å²) in [5.74, 6) is -3.44. The molecule has 1 saturated carbocycles. The molecule has 0 aromatic heterocycles. The summed E-state index contributed by atoms with van der Waals surface area (Å²) >= 11 is 0.749. The van der Waals surface area contributed by atoms with E-state index in [-0.39, 0.29) is 35.4 Å². The summed E-state index contributed by atoms with van der Waals surface area (Å²) in [7, 11) is -4.90. The number of primary sulfonamides is 1. The topological polar surface area (TPSA) is 132 Å². The number of thioether (sulfide) groups is 1. The van der Waals surface area contributed by atoms with Crippen molar-refractivity contribution in [2.24, 2.45) is 16.5 Å². The van der Waals surface area contributed by atoms with Crippen LogP contribution in [0.25, 0.3) is 33.4 Å². The summed E-state index contributed by atoms with van der Waals surface area (Å²) in [5.41, 5.74) is 8.89. The van der Waals surface area contributed by atoms with E-state index in [2.05, 4.69) is 125 Å². The Morgan fingerprint density at radius 2 is 1.52 bits per heavy atom. The highest BCUT2D eigenvalue weighted by atomic mass is 32.2. The predicted molar refractivity (Wildman–Crippen MR) is 329 cm³/mol. The van der Waals surface area contributed by atoms with E-state index in [1.807, 2.05) is 24.3 Å². The molecular weight excluding hydrogens is 1090 g/mol. The van der Waals surface area contributed by atoms with Gasteiger partial charge in [-0.05, 0) is 147 Å². The van der Waals surface area contributed by atoms with Crippen molar-refractivity contribution in [1.29, 1.82) is 0 Å². The molecule has 0 spiro atoms. The van der Waals surface area contributed by atoms with Crippen LogP contribution < -0.4 is 25.3 Å². The molecule has 10 rings (SSSR count). The molecule has 1 saturated heterocycles. The molecule has 2 heterocycles. The fourth-order valence-electron chi connectivity index (χ4n) is 13.8. The van der Waals surface area contributed by atoms with Gasteiger partial charge in [-0.1, -0.05) is 82.6 Å².